The Morgan fingerprint density at radius 1 is 1.33 bits per heavy atom. The van der Waals surface area contributed by atoms with Gasteiger partial charge in [0.2, 0.25) is 0 Å². The molecule has 1 fully saturated rings. The maximum Gasteiger partial charge on any atom is 0.129 e. The largest absolute Gasteiger partial charge is 0.327 e. The van der Waals surface area contributed by atoms with Gasteiger partial charge in [-0.3, -0.25) is 4.90 Å². The van der Waals surface area contributed by atoms with Crippen molar-refractivity contribution in [2.24, 2.45) is 11.7 Å². The molecule has 1 aromatic rings. The molecular formula is C15H23FN2. The van der Waals surface area contributed by atoms with Crippen molar-refractivity contribution < 1.29 is 4.39 Å². The van der Waals surface area contributed by atoms with Crippen molar-refractivity contribution in [1.29, 1.82) is 0 Å². The van der Waals surface area contributed by atoms with Crippen molar-refractivity contribution in [3.8, 4) is 0 Å². The molecule has 1 saturated heterocycles. The van der Waals surface area contributed by atoms with Crippen molar-refractivity contribution in [3.63, 3.8) is 0 Å². The second kappa shape index (κ2) is 5.37. The number of nitrogens with two attached hydrogens (primary N) is 1. The van der Waals surface area contributed by atoms with Crippen LogP contribution in [0, 0.1) is 25.6 Å². The summed E-state index contributed by atoms with van der Waals surface area (Å²) in [5, 5.41) is 0. The lowest BCUT2D eigenvalue weighted by Crippen LogP contribution is -2.45. The third-order valence-electron chi connectivity index (χ3n) is 3.96. The fourth-order valence-corrected chi connectivity index (χ4v) is 2.78. The zero-order valence-corrected chi connectivity index (χ0v) is 11.5. The number of hydrogen-bond acceptors (Lipinski definition) is 2. The fourth-order valence-electron chi connectivity index (χ4n) is 2.78. The summed E-state index contributed by atoms with van der Waals surface area (Å²) in [6.07, 6.45) is 1.06. The summed E-state index contributed by atoms with van der Waals surface area (Å²) >= 11 is 0. The van der Waals surface area contributed by atoms with E-state index in [0.717, 1.165) is 37.2 Å². The summed E-state index contributed by atoms with van der Waals surface area (Å²) in [4.78, 5) is 2.42. The quantitative estimate of drug-likeness (QED) is 0.874. The number of nitrogens with zero attached hydrogens (tertiary/aromatic N) is 1. The van der Waals surface area contributed by atoms with Crippen LogP contribution in [0.15, 0.2) is 12.1 Å². The number of rotatable bonds is 2. The Balaban J connectivity index is 2.06. The first-order valence-corrected chi connectivity index (χ1v) is 6.71. The highest BCUT2D eigenvalue weighted by molar-refractivity contribution is 5.30. The molecule has 0 aromatic heterocycles. The van der Waals surface area contributed by atoms with Crippen LogP contribution in [-0.4, -0.2) is 24.0 Å². The SMILES string of the molecule is Cc1cc(CN2CCC(N)C(C)C2)cc(C)c1F. The molecule has 2 nitrogen and oxygen atoms in total. The zero-order chi connectivity index (χ0) is 13.3. The molecule has 1 aliphatic rings. The lowest BCUT2D eigenvalue weighted by atomic mass is 9.94. The number of hydrogen-bond donors (Lipinski definition) is 1. The lowest BCUT2D eigenvalue weighted by molar-refractivity contribution is 0.157. The van der Waals surface area contributed by atoms with Crippen LogP contribution in [0.2, 0.25) is 0 Å². The third kappa shape index (κ3) is 2.90. The molecule has 0 aliphatic carbocycles. The van der Waals surface area contributed by atoms with Gasteiger partial charge in [0.25, 0.3) is 0 Å². The smallest absolute Gasteiger partial charge is 0.129 e. The number of likely N-dealkylation sites (tertiary alicyclic amines) is 1. The van der Waals surface area contributed by atoms with Gasteiger partial charge in [-0.1, -0.05) is 19.1 Å². The predicted octanol–water partition coefficient (Wildman–Crippen LogP) is 2.61. The van der Waals surface area contributed by atoms with Gasteiger partial charge in [0.05, 0.1) is 0 Å². The van der Waals surface area contributed by atoms with Crippen LogP contribution in [0.4, 0.5) is 4.39 Å². The zero-order valence-electron chi connectivity index (χ0n) is 11.5. The molecule has 0 saturated carbocycles. The van der Waals surface area contributed by atoms with E-state index >= 15 is 0 Å². The van der Waals surface area contributed by atoms with E-state index in [9.17, 15) is 4.39 Å². The maximum absolute atomic E-state index is 13.6. The molecule has 18 heavy (non-hydrogen) atoms. The van der Waals surface area contributed by atoms with Crippen molar-refractivity contribution in [3.05, 3.63) is 34.6 Å². The summed E-state index contributed by atoms with van der Waals surface area (Å²) in [6, 6.07) is 4.25. The van der Waals surface area contributed by atoms with Crippen LogP contribution in [0.3, 0.4) is 0 Å². The van der Waals surface area contributed by atoms with Crippen LogP contribution in [0.5, 0.6) is 0 Å². The van der Waals surface area contributed by atoms with Crippen LogP contribution in [0.1, 0.15) is 30.0 Å². The van der Waals surface area contributed by atoms with Gasteiger partial charge in [-0.15, -0.1) is 0 Å². The standard InChI is InChI=1S/C15H23FN2/c1-10-6-13(7-11(2)15(10)16)9-18-5-4-14(17)12(3)8-18/h6-7,12,14H,4-5,8-9,17H2,1-3H3. The summed E-state index contributed by atoms with van der Waals surface area (Å²) in [5.41, 5.74) is 8.71. The highest BCUT2D eigenvalue weighted by atomic mass is 19.1. The third-order valence-corrected chi connectivity index (χ3v) is 3.96. The first kappa shape index (κ1) is 13.5. The van der Waals surface area contributed by atoms with Gasteiger partial charge in [-0.25, -0.2) is 4.39 Å². The Labute approximate surface area is 109 Å². The molecule has 2 N–H and O–H groups in total. The highest BCUT2D eigenvalue weighted by Gasteiger charge is 2.23. The van der Waals surface area contributed by atoms with Gasteiger partial charge in [-0.05, 0) is 49.4 Å². The van der Waals surface area contributed by atoms with E-state index in [-0.39, 0.29) is 5.82 Å². The van der Waals surface area contributed by atoms with E-state index < -0.39 is 0 Å². The molecule has 3 heteroatoms. The molecule has 100 valence electrons. The number of halogens is 1. The van der Waals surface area contributed by atoms with Crippen LogP contribution in [-0.2, 0) is 6.54 Å². The molecule has 0 bridgehead atoms. The second-order valence-corrected chi connectivity index (χ2v) is 5.71. The average molecular weight is 250 g/mol. The number of aryl methyl sites for hydroxylation is 2. The van der Waals surface area contributed by atoms with E-state index in [0.29, 0.717) is 12.0 Å². The predicted molar refractivity (Wildman–Crippen MR) is 72.9 cm³/mol. The molecule has 0 spiro atoms. The van der Waals surface area contributed by atoms with Gasteiger partial charge in [-0.2, -0.15) is 0 Å². The minimum atomic E-state index is -0.0761. The summed E-state index contributed by atoms with van der Waals surface area (Å²) in [5.74, 6) is 0.467. The molecule has 0 amide bonds. The normalized spacial score (nSPS) is 25.4. The lowest BCUT2D eigenvalue weighted by Gasteiger charge is -2.35. The van der Waals surface area contributed by atoms with Crippen LogP contribution < -0.4 is 5.73 Å². The molecule has 1 aliphatic heterocycles. The van der Waals surface area contributed by atoms with Gasteiger partial charge in [0.15, 0.2) is 0 Å². The number of benzene rings is 1. The molecule has 1 heterocycles. The second-order valence-electron chi connectivity index (χ2n) is 5.71. The topological polar surface area (TPSA) is 29.3 Å². The Kier molecular flexibility index (Phi) is 4.03. The molecule has 1 aromatic carbocycles. The summed E-state index contributed by atoms with van der Waals surface area (Å²) in [6.45, 7) is 8.86. The van der Waals surface area contributed by atoms with E-state index in [1.54, 1.807) is 0 Å². The minimum absolute atomic E-state index is 0.0761. The van der Waals surface area contributed by atoms with E-state index in [1.165, 1.54) is 5.56 Å². The average Bonchev–Trinajstić information content (AvgIpc) is 2.31. The Hall–Kier alpha value is -0.930. The van der Waals surface area contributed by atoms with E-state index in [2.05, 4.69) is 11.8 Å². The maximum atomic E-state index is 13.6. The molecular weight excluding hydrogens is 227 g/mol. The monoisotopic (exact) mass is 250 g/mol. The van der Waals surface area contributed by atoms with Gasteiger partial charge < -0.3 is 5.73 Å². The Morgan fingerprint density at radius 3 is 2.50 bits per heavy atom. The molecule has 0 radical (unpaired) electrons. The van der Waals surface area contributed by atoms with E-state index in [4.69, 9.17) is 5.73 Å². The Morgan fingerprint density at radius 2 is 1.94 bits per heavy atom. The van der Waals surface area contributed by atoms with Gasteiger partial charge in [0, 0.05) is 19.1 Å². The van der Waals surface area contributed by atoms with E-state index in [1.807, 2.05) is 26.0 Å². The van der Waals surface area contributed by atoms with Gasteiger partial charge >= 0.3 is 0 Å². The van der Waals surface area contributed by atoms with Crippen LogP contribution in [0.25, 0.3) is 0 Å². The first-order valence-electron chi connectivity index (χ1n) is 6.71. The van der Waals surface area contributed by atoms with Gasteiger partial charge in [0.1, 0.15) is 5.82 Å². The van der Waals surface area contributed by atoms with Crippen molar-refractivity contribution in [2.45, 2.75) is 39.8 Å². The highest BCUT2D eigenvalue weighted by Crippen LogP contribution is 2.20. The molecule has 2 atom stereocenters. The van der Waals surface area contributed by atoms with Crippen molar-refractivity contribution in [1.82, 2.24) is 4.90 Å². The van der Waals surface area contributed by atoms with Crippen molar-refractivity contribution in [2.75, 3.05) is 13.1 Å². The van der Waals surface area contributed by atoms with Crippen molar-refractivity contribution >= 4 is 0 Å². The first-order chi connectivity index (χ1) is 8.47. The summed E-state index contributed by atoms with van der Waals surface area (Å²) < 4.78 is 13.6. The summed E-state index contributed by atoms with van der Waals surface area (Å²) in [7, 11) is 0. The molecule has 2 unspecified atom stereocenters. The number of piperidine rings is 1. The van der Waals surface area contributed by atoms with Crippen LogP contribution >= 0.6 is 0 Å². The minimum Gasteiger partial charge on any atom is -0.327 e. The Bertz CT molecular complexity index is 407. The molecule has 2 rings (SSSR count). The fraction of sp³-hybridized carbons (Fsp3) is 0.600.